The predicted octanol–water partition coefficient (Wildman–Crippen LogP) is 6.60. The molecule has 5 rings (SSSR count). The second-order valence-corrected chi connectivity index (χ2v) is 13.6. The van der Waals surface area contributed by atoms with Crippen LogP contribution in [0.4, 0.5) is 13.6 Å². The van der Waals surface area contributed by atoms with Crippen LogP contribution in [0.3, 0.4) is 0 Å². The number of hydrogen-bond acceptors (Lipinski definition) is 7. The van der Waals surface area contributed by atoms with Crippen LogP contribution in [0.15, 0.2) is 67.5 Å². The number of nitrogens with one attached hydrogen (secondary N) is 3. The SMILES string of the molecule is CC(C)(C)CCNC(=N)N(C(=O)c1ccc(-c2cnn(C(F)F)c2)cc1)[C@H](COC(=O)NC1(C)CC1)c1ccc(Cl)c(-n2cncn2)c1. The molecule has 3 N–H and O–H groups in total. The van der Waals surface area contributed by atoms with Crippen molar-refractivity contribution in [2.45, 2.75) is 65.1 Å². The van der Waals surface area contributed by atoms with Gasteiger partial charge >= 0.3 is 12.6 Å². The zero-order chi connectivity index (χ0) is 34.6. The van der Waals surface area contributed by atoms with Crippen LogP contribution in [0.2, 0.25) is 5.02 Å². The maximum atomic E-state index is 14.4. The summed E-state index contributed by atoms with van der Waals surface area (Å²) in [5.74, 6) is -0.759. The molecule has 12 nitrogen and oxygen atoms in total. The van der Waals surface area contributed by atoms with E-state index in [-0.39, 0.29) is 29.1 Å². The molecule has 2 aromatic heterocycles. The number of benzene rings is 2. The minimum atomic E-state index is -2.78. The molecule has 254 valence electrons. The first-order chi connectivity index (χ1) is 22.7. The van der Waals surface area contributed by atoms with Gasteiger partial charge in [0.05, 0.1) is 22.9 Å². The minimum absolute atomic E-state index is 0.0432. The van der Waals surface area contributed by atoms with E-state index in [1.54, 1.807) is 42.5 Å². The lowest BCUT2D eigenvalue weighted by atomic mass is 9.92. The number of hydrogen-bond donors (Lipinski definition) is 3. The number of guanidine groups is 1. The maximum Gasteiger partial charge on any atom is 0.407 e. The van der Waals surface area contributed by atoms with Gasteiger partial charge in [-0.05, 0) is 67.0 Å². The predicted molar refractivity (Wildman–Crippen MR) is 176 cm³/mol. The quantitative estimate of drug-likeness (QED) is 0.120. The van der Waals surface area contributed by atoms with Crippen LogP contribution in [0.1, 0.15) is 75.5 Å². The fraction of sp³-hybridized carbons (Fsp3) is 0.394. The maximum absolute atomic E-state index is 14.4. The lowest BCUT2D eigenvalue weighted by molar-refractivity contribution is 0.0566. The standard InChI is InChI=1S/C33H38ClF2N9O3/c1-32(2,3)13-14-39-30(37)45(28(46)22-7-5-21(6-8-22)24-16-40-43(17-24)29(35)36)27(18-48-31(47)42-33(4)11-12-33)23-9-10-25(34)26(15-23)44-20-38-19-41-44/h5-10,15-17,19-20,27,29H,11-14,18H2,1-4H3,(H2,37,39)(H,42,47)/t27-/m1/s1. The summed E-state index contributed by atoms with van der Waals surface area (Å²) in [5.41, 5.74) is 1.85. The highest BCUT2D eigenvalue weighted by Crippen LogP contribution is 2.35. The highest BCUT2D eigenvalue weighted by atomic mass is 35.5. The van der Waals surface area contributed by atoms with Crippen molar-refractivity contribution in [1.29, 1.82) is 5.41 Å². The van der Waals surface area contributed by atoms with E-state index in [1.807, 2.05) is 6.92 Å². The van der Waals surface area contributed by atoms with E-state index in [2.05, 4.69) is 46.6 Å². The summed E-state index contributed by atoms with van der Waals surface area (Å²) >= 11 is 6.53. The van der Waals surface area contributed by atoms with Gasteiger partial charge in [-0.15, -0.1) is 0 Å². The molecule has 0 aliphatic heterocycles. The Labute approximate surface area is 281 Å². The highest BCUT2D eigenvalue weighted by molar-refractivity contribution is 6.32. The molecule has 0 bridgehead atoms. The molecule has 0 spiro atoms. The number of carbonyl (C=O) groups is 2. The van der Waals surface area contributed by atoms with Crippen molar-refractivity contribution in [2.24, 2.45) is 5.41 Å². The summed E-state index contributed by atoms with van der Waals surface area (Å²) in [6, 6.07) is 10.4. The van der Waals surface area contributed by atoms with E-state index in [9.17, 15) is 18.4 Å². The fourth-order valence-corrected chi connectivity index (χ4v) is 5.10. The molecular formula is C33H38ClF2N9O3. The van der Waals surface area contributed by atoms with E-state index < -0.39 is 24.6 Å². The van der Waals surface area contributed by atoms with Crippen molar-refractivity contribution in [3.05, 3.63) is 83.7 Å². The Morgan fingerprint density at radius 1 is 1.12 bits per heavy atom. The van der Waals surface area contributed by atoms with E-state index in [0.29, 0.717) is 45.0 Å². The Bertz CT molecular complexity index is 1750. The number of amides is 2. The number of ether oxygens (including phenoxy) is 1. The average molecular weight is 682 g/mol. The zero-order valence-corrected chi connectivity index (χ0v) is 27.8. The number of alkyl halides is 2. The summed E-state index contributed by atoms with van der Waals surface area (Å²) in [6.45, 7) is 5.46. The minimum Gasteiger partial charge on any atom is -0.447 e. The Morgan fingerprint density at radius 3 is 2.46 bits per heavy atom. The topological polar surface area (TPSA) is 143 Å². The second kappa shape index (κ2) is 14.1. The van der Waals surface area contributed by atoms with Gasteiger partial charge in [0.25, 0.3) is 5.91 Å². The van der Waals surface area contributed by atoms with Gasteiger partial charge in [-0.1, -0.05) is 50.6 Å². The average Bonchev–Trinajstić information content (AvgIpc) is 3.42. The third-order valence-corrected chi connectivity index (χ3v) is 8.32. The van der Waals surface area contributed by atoms with Crippen LogP contribution in [-0.4, -0.2) is 66.1 Å². The van der Waals surface area contributed by atoms with Crippen LogP contribution in [-0.2, 0) is 4.74 Å². The number of halogens is 3. The fourth-order valence-electron chi connectivity index (χ4n) is 4.89. The van der Waals surface area contributed by atoms with Gasteiger partial charge in [0.1, 0.15) is 19.3 Å². The second-order valence-electron chi connectivity index (χ2n) is 13.2. The summed E-state index contributed by atoms with van der Waals surface area (Å²) < 4.78 is 33.9. The zero-order valence-electron chi connectivity index (χ0n) is 27.1. The van der Waals surface area contributed by atoms with Crippen molar-refractivity contribution in [1.82, 2.24) is 40.1 Å². The molecule has 2 aromatic carbocycles. The first-order valence-electron chi connectivity index (χ1n) is 15.4. The summed E-state index contributed by atoms with van der Waals surface area (Å²) in [4.78, 5) is 32.5. The number of carbonyl (C=O) groups excluding carboxylic acids is 2. The van der Waals surface area contributed by atoms with E-state index >= 15 is 0 Å². The molecular weight excluding hydrogens is 644 g/mol. The third-order valence-electron chi connectivity index (χ3n) is 8.00. The molecule has 1 saturated carbocycles. The van der Waals surface area contributed by atoms with Crippen LogP contribution < -0.4 is 10.6 Å². The normalized spacial score (nSPS) is 14.3. The summed E-state index contributed by atoms with van der Waals surface area (Å²) in [5, 5.41) is 23.3. The molecule has 1 aliphatic rings. The first-order valence-corrected chi connectivity index (χ1v) is 15.8. The monoisotopic (exact) mass is 681 g/mol. The van der Waals surface area contributed by atoms with Gasteiger partial charge in [-0.2, -0.15) is 19.0 Å². The van der Waals surface area contributed by atoms with Gasteiger partial charge in [0, 0.05) is 29.4 Å². The molecule has 4 aromatic rings. The lowest BCUT2D eigenvalue weighted by Gasteiger charge is -2.33. The highest BCUT2D eigenvalue weighted by Gasteiger charge is 2.40. The Kier molecular flexibility index (Phi) is 10.1. The summed E-state index contributed by atoms with van der Waals surface area (Å²) in [6.07, 6.45) is 7.10. The van der Waals surface area contributed by atoms with Gasteiger partial charge < -0.3 is 15.4 Å². The van der Waals surface area contributed by atoms with Gasteiger partial charge in [-0.3, -0.25) is 15.1 Å². The largest absolute Gasteiger partial charge is 0.447 e. The van der Waals surface area contributed by atoms with Gasteiger partial charge in [0.15, 0.2) is 5.96 Å². The summed E-state index contributed by atoms with van der Waals surface area (Å²) in [7, 11) is 0. The lowest BCUT2D eigenvalue weighted by Crippen LogP contribution is -2.49. The molecule has 0 radical (unpaired) electrons. The first kappa shape index (κ1) is 34.5. The molecule has 2 amide bonds. The van der Waals surface area contributed by atoms with Crippen molar-refractivity contribution in [3.63, 3.8) is 0 Å². The molecule has 0 saturated heterocycles. The van der Waals surface area contributed by atoms with Crippen LogP contribution >= 0.6 is 11.6 Å². The molecule has 1 aliphatic carbocycles. The number of rotatable bonds is 11. The van der Waals surface area contributed by atoms with Crippen molar-refractivity contribution < 1.29 is 23.1 Å². The number of aromatic nitrogens is 5. The van der Waals surface area contributed by atoms with Gasteiger partial charge in [-0.25, -0.2) is 19.1 Å². The van der Waals surface area contributed by atoms with Crippen molar-refractivity contribution in [3.8, 4) is 16.8 Å². The molecule has 1 atom stereocenters. The molecule has 2 heterocycles. The molecule has 15 heteroatoms. The van der Waals surface area contributed by atoms with Gasteiger partial charge in [0.2, 0.25) is 0 Å². The van der Waals surface area contributed by atoms with E-state index in [1.165, 1.54) is 34.6 Å². The molecule has 1 fully saturated rings. The Morgan fingerprint density at radius 2 is 1.85 bits per heavy atom. The smallest absolute Gasteiger partial charge is 0.407 e. The van der Waals surface area contributed by atoms with Crippen molar-refractivity contribution >= 4 is 29.6 Å². The van der Waals surface area contributed by atoms with Crippen LogP contribution in [0, 0.1) is 10.8 Å². The molecule has 0 unspecified atom stereocenters. The van der Waals surface area contributed by atoms with Crippen LogP contribution in [0.5, 0.6) is 0 Å². The van der Waals surface area contributed by atoms with E-state index in [0.717, 1.165) is 12.8 Å². The number of alkyl carbamates (subject to hydrolysis) is 1. The van der Waals surface area contributed by atoms with E-state index in [4.69, 9.17) is 21.7 Å². The number of nitrogens with zero attached hydrogens (tertiary/aromatic N) is 6. The van der Waals surface area contributed by atoms with Crippen LogP contribution in [0.25, 0.3) is 16.8 Å². The third kappa shape index (κ3) is 8.54. The van der Waals surface area contributed by atoms with Crippen molar-refractivity contribution in [2.75, 3.05) is 13.2 Å². The molecule has 48 heavy (non-hydrogen) atoms. The Hall–Kier alpha value is -4.85. The Balaban J connectivity index is 1.51.